The third kappa shape index (κ3) is 5.29. The zero-order chi connectivity index (χ0) is 19.8. The van der Waals surface area contributed by atoms with Crippen LogP contribution in [0.1, 0.15) is 25.7 Å². The maximum atomic E-state index is 13.0. The number of benzene rings is 1. The van der Waals surface area contributed by atoms with Crippen LogP contribution in [0, 0.1) is 5.41 Å². The molecular weight excluding hydrogens is 350 g/mol. The van der Waals surface area contributed by atoms with Gasteiger partial charge in [-0.05, 0) is 76.2 Å². The first-order chi connectivity index (χ1) is 13.6. The molecule has 0 aliphatic carbocycles. The Morgan fingerprint density at radius 3 is 2.43 bits per heavy atom. The molecule has 0 bridgehead atoms. The Balaban J connectivity index is 1.59. The van der Waals surface area contributed by atoms with E-state index in [1.165, 1.54) is 32.1 Å². The molecule has 0 unspecified atom stereocenters. The molecule has 2 aliphatic rings. The van der Waals surface area contributed by atoms with Crippen LogP contribution in [0.3, 0.4) is 0 Å². The van der Waals surface area contributed by atoms with Gasteiger partial charge in [-0.15, -0.1) is 0 Å². The molecule has 150 valence electrons. The number of rotatable bonds is 6. The summed E-state index contributed by atoms with van der Waals surface area (Å²) >= 11 is 0. The molecule has 0 saturated carbocycles. The summed E-state index contributed by atoms with van der Waals surface area (Å²) in [7, 11) is 2.19. The van der Waals surface area contributed by atoms with Crippen LogP contribution >= 0.6 is 0 Å². The van der Waals surface area contributed by atoms with E-state index in [9.17, 15) is 4.79 Å². The normalized spacial score (nSPS) is 20.5. The first kappa shape index (κ1) is 20.3. The number of anilines is 1. The van der Waals surface area contributed by atoms with Gasteiger partial charge in [0.05, 0.1) is 0 Å². The minimum absolute atomic E-state index is 0.0162. The van der Waals surface area contributed by atoms with Crippen molar-refractivity contribution in [1.29, 1.82) is 0 Å². The monoisotopic (exact) mass is 381 g/mol. The zero-order valence-electron chi connectivity index (χ0n) is 16.8. The highest BCUT2D eigenvalue weighted by molar-refractivity contribution is 6.43. The summed E-state index contributed by atoms with van der Waals surface area (Å²) in [6.07, 6.45) is 7.85. The number of nitrogens with zero attached hydrogens (tertiary/aromatic N) is 4. The summed E-state index contributed by atoms with van der Waals surface area (Å²) in [5.41, 5.74) is 1.83. The van der Waals surface area contributed by atoms with Crippen molar-refractivity contribution in [2.75, 3.05) is 45.2 Å². The second kappa shape index (κ2) is 9.64. The van der Waals surface area contributed by atoms with Gasteiger partial charge >= 0.3 is 0 Å². The summed E-state index contributed by atoms with van der Waals surface area (Å²) in [6.45, 7) is 7.75. The second-order valence-electron chi connectivity index (χ2n) is 7.84. The fourth-order valence-electron chi connectivity index (χ4n) is 4.03. The van der Waals surface area contributed by atoms with Crippen molar-refractivity contribution in [2.24, 2.45) is 15.4 Å². The van der Waals surface area contributed by atoms with E-state index in [4.69, 9.17) is 0 Å². The number of carbonyl (C=O) groups excluding carboxylic acids is 1. The standard InChI is InChI=1S/C22H31N5O/c1-23-13-8-20(25-18-24-19-6-4-3-5-7-19)21(28)27-16-11-22(12-17-27)9-14-26(2)15-10-22/h3-8,13,24H,1,9-12,14-18H2,2H3/b13-8-,25-20?. The summed E-state index contributed by atoms with van der Waals surface area (Å²) in [4.78, 5) is 25.6. The lowest BCUT2D eigenvalue weighted by atomic mass is 9.71. The Morgan fingerprint density at radius 2 is 1.79 bits per heavy atom. The highest BCUT2D eigenvalue weighted by atomic mass is 16.2. The van der Waals surface area contributed by atoms with Crippen molar-refractivity contribution in [2.45, 2.75) is 25.7 Å². The third-order valence-electron chi connectivity index (χ3n) is 6.02. The van der Waals surface area contributed by atoms with E-state index in [0.717, 1.165) is 31.6 Å². The van der Waals surface area contributed by atoms with Crippen molar-refractivity contribution in [3.05, 3.63) is 42.6 Å². The van der Waals surface area contributed by atoms with Crippen molar-refractivity contribution < 1.29 is 4.79 Å². The van der Waals surface area contributed by atoms with Gasteiger partial charge in [0.1, 0.15) is 12.4 Å². The molecule has 2 saturated heterocycles. The van der Waals surface area contributed by atoms with Crippen LogP contribution in [-0.2, 0) is 4.79 Å². The van der Waals surface area contributed by atoms with Crippen LogP contribution in [0.25, 0.3) is 0 Å². The van der Waals surface area contributed by atoms with Gasteiger partial charge in [0.25, 0.3) is 5.91 Å². The summed E-state index contributed by atoms with van der Waals surface area (Å²) in [5, 5.41) is 3.22. The number of amides is 1. The number of para-hydroxylation sites is 1. The van der Waals surface area contributed by atoms with Crippen LogP contribution < -0.4 is 5.32 Å². The Kier molecular flexibility index (Phi) is 6.98. The van der Waals surface area contributed by atoms with Crippen molar-refractivity contribution in [3.8, 4) is 0 Å². The quantitative estimate of drug-likeness (QED) is 0.771. The highest BCUT2D eigenvalue weighted by Crippen LogP contribution is 2.40. The summed E-state index contributed by atoms with van der Waals surface area (Å²) < 4.78 is 0. The van der Waals surface area contributed by atoms with Gasteiger partial charge in [0, 0.05) is 25.0 Å². The van der Waals surface area contributed by atoms with Gasteiger partial charge in [-0.2, -0.15) is 0 Å². The van der Waals surface area contributed by atoms with E-state index in [2.05, 4.69) is 34.0 Å². The number of aliphatic imine (C=N–C) groups is 2. The molecule has 1 aromatic carbocycles. The molecular formula is C22H31N5O. The predicted molar refractivity (Wildman–Crippen MR) is 116 cm³/mol. The number of hydrogen-bond donors (Lipinski definition) is 1. The minimum atomic E-state index is -0.0162. The lowest BCUT2D eigenvalue weighted by molar-refractivity contribution is -0.126. The molecule has 6 heteroatoms. The van der Waals surface area contributed by atoms with Gasteiger partial charge in [0.2, 0.25) is 0 Å². The smallest absolute Gasteiger partial charge is 0.272 e. The second-order valence-corrected chi connectivity index (χ2v) is 7.84. The highest BCUT2D eigenvalue weighted by Gasteiger charge is 2.38. The third-order valence-corrected chi connectivity index (χ3v) is 6.02. The van der Waals surface area contributed by atoms with Crippen molar-refractivity contribution in [1.82, 2.24) is 9.80 Å². The molecule has 2 aliphatic heterocycles. The first-order valence-electron chi connectivity index (χ1n) is 10.1. The molecule has 0 atom stereocenters. The van der Waals surface area contributed by atoms with Crippen LogP contribution in [0.4, 0.5) is 5.69 Å². The van der Waals surface area contributed by atoms with Crippen LogP contribution in [-0.4, -0.2) is 68.0 Å². The van der Waals surface area contributed by atoms with Gasteiger partial charge in [-0.1, -0.05) is 18.2 Å². The van der Waals surface area contributed by atoms with Crippen LogP contribution in [0.15, 0.2) is 52.6 Å². The molecule has 28 heavy (non-hydrogen) atoms. The van der Waals surface area contributed by atoms with Crippen LogP contribution in [0.5, 0.6) is 0 Å². The van der Waals surface area contributed by atoms with E-state index < -0.39 is 0 Å². The molecule has 1 amide bonds. The number of nitrogens with one attached hydrogen (secondary N) is 1. The van der Waals surface area contributed by atoms with Crippen LogP contribution in [0.2, 0.25) is 0 Å². The van der Waals surface area contributed by atoms with E-state index >= 15 is 0 Å². The summed E-state index contributed by atoms with van der Waals surface area (Å²) in [5.74, 6) is -0.0162. The van der Waals surface area contributed by atoms with E-state index in [1.807, 2.05) is 35.2 Å². The Bertz CT molecular complexity index is 710. The van der Waals surface area contributed by atoms with Crippen molar-refractivity contribution in [3.63, 3.8) is 0 Å². The molecule has 1 aromatic rings. The maximum Gasteiger partial charge on any atom is 0.272 e. The van der Waals surface area contributed by atoms with Gasteiger partial charge in [-0.3, -0.25) is 14.8 Å². The van der Waals surface area contributed by atoms with Crippen molar-refractivity contribution >= 4 is 24.0 Å². The lowest BCUT2D eigenvalue weighted by Gasteiger charge is -2.46. The average Bonchev–Trinajstić information content (AvgIpc) is 2.74. The van der Waals surface area contributed by atoms with Gasteiger partial charge in [-0.25, -0.2) is 0 Å². The van der Waals surface area contributed by atoms with E-state index in [-0.39, 0.29) is 5.91 Å². The molecule has 2 fully saturated rings. The fourth-order valence-corrected chi connectivity index (χ4v) is 4.03. The maximum absolute atomic E-state index is 13.0. The minimum Gasteiger partial charge on any atom is -0.366 e. The Morgan fingerprint density at radius 1 is 1.14 bits per heavy atom. The Hall–Kier alpha value is -2.47. The number of carbonyl (C=O) groups is 1. The van der Waals surface area contributed by atoms with Gasteiger partial charge in [0.15, 0.2) is 0 Å². The molecule has 0 radical (unpaired) electrons. The molecule has 1 N–H and O–H groups in total. The zero-order valence-corrected chi connectivity index (χ0v) is 16.8. The van der Waals surface area contributed by atoms with E-state index in [1.54, 1.807) is 6.08 Å². The first-order valence-corrected chi connectivity index (χ1v) is 10.1. The molecule has 1 spiro atoms. The molecule has 6 nitrogen and oxygen atoms in total. The summed E-state index contributed by atoms with van der Waals surface area (Å²) in [6, 6.07) is 9.85. The van der Waals surface area contributed by atoms with E-state index in [0.29, 0.717) is 17.8 Å². The average molecular weight is 382 g/mol. The predicted octanol–water partition coefficient (Wildman–Crippen LogP) is 3.05. The fraction of sp³-hybridized carbons (Fsp3) is 0.500. The SMILES string of the molecule is C=N/C=C\C(=NCNc1ccccc1)C(=O)N1CCC2(CCN(C)CC2)CC1. The molecule has 2 heterocycles. The number of likely N-dealkylation sites (tertiary alicyclic amines) is 2. The molecule has 3 rings (SSSR count). The largest absolute Gasteiger partial charge is 0.366 e. The topological polar surface area (TPSA) is 60.3 Å². The lowest BCUT2D eigenvalue weighted by Crippen LogP contribution is -2.48. The van der Waals surface area contributed by atoms with Gasteiger partial charge < -0.3 is 15.1 Å². The number of hydrogen-bond acceptors (Lipinski definition) is 5. The molecule has 0 aromatic heterocycles. The number of piperidine rings is 2. The Labute approximate surface area is 168 Å².